The molecular formula is C32H23N3O. The summed E-state index contributed by atoms with van der Waals surface area (Å²) in [5.74, 6) is 0.861. The van der Waals surface area contributed by atoms with Crippen molar-refractivity contribution in [3.63, 3.8) is 0 Å². The van der Waals surface area contributed by atoms with Crippen LogP contribution >= 0.6 is 0 Å². The second kappa shape index (κ2) is 7.92. The molecule has 0 fully saturated rings. The van der Waals surface area contributed by atoms with Crippen LogP contribution in [-0.2, 0) is 0 Å². The average molecular weight is 466 g/mol. The van der Waals surface area contributed by atoms with Crippen molar-refractivity contribution in [1.82, 2.24) is 14.5 Å². The second-order valence-electron chi connectivity index (χ2n) is 9.22. The molecule has 4 aromatic carbocycles. The summed E-state index contributed by atoms with van der Waals surface area (Å²) < 4.78 is 8.58. The third kappa shape index (κ3) is 3.08. The van der Waals surface area contributed by atoms with E-state index in [-0.39, 0.29) is 0 Å². The van der Waals surface area contributed by atoms with Crippen LogP contribution in [0.15, 0.2) is 108 Å². The lowest BCUT2D eigenvalue weighted by Gasteiger charge is -2.17. The number of imidazole rings is 1. The largest absolute Gasteiger partial charge is 0.437 e. The number of para-hydroxylation sites is 3. The molecule has 0 spiro atoms. The van der Waals surface area contributed by atoms with E-state index in [1.54, 1.807) is 6.20 Å². The van der Waals surface area contributed by atoms with Gasteiger partial charge in [-0.25, -0.2) is 9.97 Å². The molecule has 0 saturated heterocycles. The number of pyridine rings is 1. The van der Waals surface area contributed by atoms with Gasteiger partial charge in [-0.2, -0.15) is 0 Å². The fourth-order valence-electron chi connectivity index (χ4n) is 5.35. The Morgan fingerprint density at radius 3 is 2.28 bits per heavy atom. The molecule has 0 amide bonds. The Bertz CT molecular complexity index is 1890. The van der Waals surface area contributed by atoms with Gasteiger partial charge in [0.2, 0.25) is 5.71 Å². The van der Waals surface area contributed by atoms with Gasteiger partial charge in [0.05, 0.1) is 22.3 Å². The van der Waals surface area contributed by atoms with Crippen molar-refractivity contribution in [2.75, 3.05) is 0 Å². The maximum Gasteiger partial charge on any atom is 0.227 e. The van der Waals surface area contributed by atoms with Gasteiger partial charge in [-0.15, -0.1) is 0 Å². The zero-order chi connectivity index (χ0) is 24.2. The number of aromatic nitrogens is 3. The molecule has 172 valence electrons. The normalized spacial score (nSPS) is 11.6. The summed E-state index contributed by atoms with van der Waals surface area (Å²) in [5, 5.41) is 2.05. The third-order valence-electron chi connectivity index (χ3n) is 6.90. The summed E-state index contributed by atoms with van der Waals surface area (Å²) in [6, 6.07) is 33.6. The summed E-state index contributed by atoms with van der Waals surface area (Å²) in [5.41, 5.74) is 10.4. The molecule has 0 aliphatic heterocycles. The molecule has 0 atom stereocenters. The number of nitrogens with zero attached hydrogens (tertiary/aromatic N) is 3. The van der Waals surface area contributed by atoms with Crippen molar-refractivity contribution in [3.05, 3.63) is 114 Å². The molecule has 0 bridgehead atoms. The van der Waals surface area contributed by atoms with Crippen molar-refractivity contribution < 1.29 is 4.42 Å². The van der Waals surface area contributed by atoms with Gasteiger partial charge >= 0.3 is 0 Å². The van der Waals surface area contributed by atoms with E-state index in [0.29, 0.717) is 5.71 Å². The van der Waals surface area contributed by atoms with Gasteiger partial charge in [0.25, 0.3) is 0 Å². The quantitative estimate of drug-likeness (QED) is 0.264. The van der Waals surface area contributed by atoms with E-state index in [2.05, 4.69) is 108 Å². The summed E-state index contributed by atoms with van der Waals surface area (Å²) in [4.78, 5) is 9.57. The molecule has 4 heteroatoms. The first-order valence-electron chi connectivity index (χ1n) is 12.1. The van der Waals surface area contributed by atoms with E-state index in [1.807, 2.05) is 12.1 Å². The van der Waals surface area contributed by atoms with E-state index in [4.69, 9.17) is 9.40 Å². The number of fused-ring (bicyclic) bond motifs is 4. The van der Waals surface area contributed by atoms with E-state index in [1.165, 1.54) is 22.3 Å². The lowest BCUT2D eigenvalue weighted by molar-refractivity contribution is 0.654. The van der Waals surface area contributed by atoms with Crippen molar-refractivity contribution in [2.24, 2.45) is 0 Å². The number of hydrogen-bond acceptors (Lipinski definition) is 3. The maximum atomic E-state index is 6.30. The molecule has 0 radical (unpaired) electrons. The lowest BCUT2D eigenvalue weighted by Crippen LogP contribution is -2.03. The first kappa shape index (κ1) is 20.7. The predicted octanol–water partition coefficient (Wildman–Crippen LogP) is 8.27. The van der Waals surface area contributed by atoms with Crippen molar-refractivity contribution in [1.29, 1.82) is 0 Å². The Kier molecular flexibility index (Phi) is 4.55. The van der Waals surface area contributed by atoms with E-state index in [9.17, 15) is 0 Å². The van der Waals surface area contributed by atoms with Crippen LogP contribution in [0.2, 0.25) is 0 Å². The Morgan fingerprint density at radius 2 is 1.44 bits per heavy atom. The van der Waals surface area contributed by atoms with E-state index >= 15 is 0 Å². The summed E-state index contributed by atoms with van der Waals surface area (Å²) in [7, 11) is 0. The number of rotatable bonds is 3. The average Bonchev–Trinajstić information content (AvgIpc) is 3.48. The molecule has 36 heavy (non-hydrogen) atoms. The van der Waals surface area contributed by atoms with Crippen LogP contribution in [0, 0.1) is 13.8 Å². The highest BCUT2D eigenvalue weighted by molar-refractivity contribution is 6.08. The number of aryl methyl sites for hydroxylation is 2. The molecule has 0 unspecified atom stereocenters. The molecule has 7 aromatic rings. The van der Waals surface area contributed by atoms with Crippen LogP contribution in [0.4, 0.5) is 0 Å². The van der Waals surface area contributed by atoms with Gasteiger partial charge in [0.15, 0.2) is 0 Å². The van der Waals surface area contributed by atoms with Gasteiger partial charge in [-0.3, -0.25) is 4.57 Å². The minimum Gasteiger partial charge on any atom is -0.437 e. The molecular weight excluding hydrogens is 442 g/mol. The van der Waals surface area contributed by atoms with Gasteiger partial charge in [-0.1, -0.05) is 54.6 Å². The predicted molar refractivity (Wildman–Crippen MR) is 146 cm³/mol. The third-order valence-corrected chi connectivity index (χ3v) is 6.90. The fraction of sp³-hybridized carbons (Fsp3) is 0.0625. The van der Waals surface area contributed by atoms with Crippen molar-refractivity contribution >= 4 is 33.1 Å². The first-order valence-corrected chi connectivity index (χ1v) is 12.1. The Labute approximate surface area is 208 Å². The van der Waals surface area contributed by atoms with Crippen LogP contribution in [-0.4, -0.2) is 14.5 Å². The van der Waals surface area contributed by atoms with Crippen LogP contribution in [0.3, 0.4) is 0 Å². The van der Waals surface area contributed by atoms with E-state index < -0.39 is 0 Å². The minimum atomic E-state index is 0.641. The number of hydrogen-bond donors (Lipinski definition) is 0. The summed E-state index contributed by atoms with van der Waals surface area (Å²) >= 11 is 0. The van der Waals surface area contributed by atoms with Crippen molar-refractivity contribution in [3.8, 4) is 28.2 Å². The number of furan rings is 1. The Morgan fingerprint density at radius 1 is 0.694 bits per heavy atom. The van der Waals surface area contributed by atoms with Gasteiger partial charge in [0, 0.05) is 17.0 Å². The smallest absolute Gasteiger partial charge is 0.227 e. The topological polar surface area (TPSA) is 43.9 Å². The maximum absolute atomic E-state index is 6.30. The molecule has 4 nitrogen and oxygen atoms in total. The molecule has 7 rings (SSSR count). The molecule has 0 aliphatic carbocycles. The second-order valence-corrected chi connectivity index (χ2v) is 9.22. The van der Waals surface area contributed by atoms with Crippen LogP contribution < -0.4 is 0 Å². The van der Waals surface area contributed by atoms with Crippen molar-refractivity contribution in [2.45, 2.75) is 13.8 Å². The van der Waals surface area contributed by atoms with Gasteiger partial charge < -0.3 is 4.42 Å². The monoisotopic (exact) mass is 465 g/mol. The molecule has 0 N–H and O–H groups in total. The molecule has 0 aliphatic rings. The van der Waals surface area contributed by atoms with Crippen LogP contribution in [0.1, 0.15) is 11.1 Å². The Hall–Kier alpha value is -4.70. The zero-order valence-electron chi connectivity index (χ0n) is 20.1. The minimum absolute atomic E-state index is 0.641. The molecule has 0 saturated carbocycles. The van der Waals surface area contributed by atoms with Gasteiger partial charge in [-0.05, 0) is 78.6 Å². The Balaban J connectivity index is 1.53. The highest BCUT2D eigenvalue weighted by atomic mass is 16.3. The van der Waals surface area contributed by atoms with Crippen LogP contribution in [0.25, 0.3) is 61.3 Å². The van der Waals surface area contributed by atoms with E-state index in [0.717, 1.165) is 44.5 Å². The summed E-state index contributed by atoms with van der Waals surface area (Å²) in [6.45, 7) is 4.36. The molecule has 3 aromatic heterocycles. The highest BCUT2D eigenvalue weighted by Gasteiger charge is 2.21. The molecule has 3 heterocycles. The van der Waals surface area contributed by atoms with Gasteiger partial charge in [0.1, 0.15) is 11.4 Å². The first-order chi connectivity index (χ1) is 17.7. The van der Waals surface area contributed by atoms with Crippen LogP contribution in [0.5, 0.6) is 0 Å². The SMILES string of the molecule is Cc1cc(-c2ccccc2)cc(C)c1-n1c(-c2cccc3c2oc2ncccc23)nc2ccccc21. The fourth-order valence-corrected chi connectivity index (χ4v) is 5.35. The summed E-state index contributed by atoms with van der Waals surface area (Å²) in [6.07, 6.45) is 1.76. The zero-order valence-corrected chi connectivity index (χ0v) is 20.1. The highest BCUT2D eigenvalue weighted by Crippen LogP contribution is 2.39. The lowest BCUT2D eigenvalue weighted by atomic mass is 9.98. The number of benzene rings is 4. The standard InChI is InChI=1S/C32H23N3O/c1-20-18-23(22-10-4-3-5-11-22)19-21(2)29(20)35-28-16-7-6-15-27(28)34-31(35)26-13-8-12-24-25-14-9-17-33-32(25)36-30(24)26/h3-19H,1-2H3.